The molecule has 1 fully saturated rings. The maximum atomic E-state index is 12.3. The number of amides is 1. The highest BCUT2D eigenvalue weighted by atomic mass is 16.2. The molecule has 1 unspecified atom stereocenters. The van der Waals surface area contributed by atoms with Gasteiger partial charge in [0.15, 0.2) is 0 Å². The van der Waals surface area contributed by atoms with Gasteiger partial charge in [0.25, 0.3) is 0 Å². The summed E-state index contributed by atoms with van der Waals surface area (Å²) in [5.41, 5.74) is 3.39. The summed E-state index contributed by atoms with van der Waals surface area (Å²) in [5, 5.41) is 3.01. The summed E-state index contributed by atoms with van der Waals surface area (Å²) < 4.78 is 0. The number of benzene rings is 2. The zero-order chi connectivity index (χ0) is 16.1. The first-order valence-corrected chi connectivity index (χ1v) is 8.35. The minimum Gasteiger partial charge on any atom is -0.325 e. The Bertz CT molecular complexity index is 654. The Labute approximate surface area is 138 Å². The van der Waals surface area contributed by atoms with Crippen LogP contribution in [0.2, 0.25) is 0 Å². The molecule has 0 saturated carbocycles. The number of hydrogen-bond acceptors (Lipinski definition) is 2. The van der Waals surface area contributed by atoms with Crippen LogP contribution in [0, 0.1) is 6.92 Å². The van der Waals surface area contributed by atoms with Crippen LogP contribution < -0.4 is 5.32 Å². The third-order valence-electron chi connectivity index (χ3n) is 4.46. The molecule has 2 aromatic carbocycles. The molecule has 1 aliphatic heterocycles. The molecule has 0 spiro atoms. The Kier molecular flexibility index (Phi) is 5.09. The summed E-state index contributed by atoms with van der Waals surface area (Å²) in [7, 11) is 0. The molecule has 1 atom stereocenters. The molecular formula is C20H24N2O. The molecule has 1 N–H and O–H groups in total. The first-order chi connectivity index (χ1) is 11.2. The van der Waals surface area contributed by atoms with Crippen molar-refractivity contribution < 1.29 is 4.79 Å². The highest BCUT2D eigenvalue weighted by Crippen LogP contribution is 2.21. The van der Waals surface area contributed by atoms with Crippen molar-refractivity contribution in [2.45, 2.75) is 32.2 Å². The van der Waals surface area contributed by atoms with Crippen LogP contribution >= 0.6 is 0 Å². The van der Waals surface area contributed by atoms with E-state index in [2.05, 4.69) is 34.5 Å². The van der Waals surface area contributed by atoms with E-state index in [1.807, 2.05) is 37.3 Å². The van der Waals surface area contributed by atoms with Gasteiger partial charge >= 0.3 is 0 Å². The summed E-state index contributed by atoms with van der Waals surface area (Å²) in [5.74, 6) is 0.0792. The molecule has 1 aliphatic rings. The number of carbonyl (C=O) groups is 1. The second kappa shape index (κ2) is 7.42. The van der Waals surface area contributed by atoms with Crippen LogP contribution in [0.4, 0.5) is 5.69 Å². The fourth-order valence-electron chi connectivity index (χ4n) is 3.33. The van der Waals surface area contributed by atoms with Gasteiger partial charge in [-0.1, -0.05) is 42.5 Å². The van der Waals surface area contributed by atoms with Gasteiger partial charge in [0.1, 0.15) is 0 Å². The molecular weight excluding hydrogens is 284 g/mol. The number of carbonyl (C=O) groups excluding carboxylic acids is 1. The maximum Gasteiger partial charge on any atom is 0.238 e. The molecule has 3 rings (SSSR count). The number of nitrogens with zero attached hydrogens (tertiary/aromatic N) is 1. The topological polar surface area (TPSA) is 32.3 Å². The van der Waals surface area contributed by atoms with E-state index in [1.165, 1.54) is 18.4 Å². The van der Waals surface area contributed by atoms with Crippen LogP contribution in [0.25, 0.3) is 0 Å². The molecule has 3 nitrogen and oxygen atoms in total. The molecule has 2 aromatic rings. The Balaban J connectivity index is 1.56. The molecule has 23 heavy (non-hydrogen) atoms. The van der Waals surface area contributed by atoms with E-state index in [0.29, 0.717) is 12.6 Å². The smallest absolute Gasteiger partial charge is 0.238 e. The normalized spacial score (nSPS) is 18.0. The van der Waals surface area contributed by atoms with Crippen molar-refractivity contribution in [1.29, 1.82) is 0 Å². The second-order valence-electron chi connectivity index (χ2n) is 6.37. The van der Waals surface area contributed by atoms with Crippen molar-refractivity contribution in [2.75, 3.05) is 18.4 Å². The Morgan fingerprint density at radius 3 is 2.78 bits per heavy atom. The third-order valence-corrected chi connectivity index (χ3v) is 4.46. The molecule has 0 bridgehead atoms. The SMILES string of the molecule is Cc1cccc(NC(=O)CN2CCCC2Cc2ccccc2)c1. The van der Waals surface area contributed by atoms with Crippen molar-refractivity contribution >= 4 is 11.6 Å². The van der Waals surface area contributed by atoms with E-state index in [1.54, 1.807) is 0 Å². The van der Waals surface area contributed by atoms with Gasteiger partial charge < -0.3 is 5.32 Å². The lowest BCUT2D eigenvalue weighted by Gasteiger charge is -2.24. The average molecular weight is 308 g/mol. The zero-order valence-corrected chi connectivity index (χ0v) is 13.7. The highest BCUT2D eigenvalue weighted by molar-refractivity contribution is 5.92. The standard InChI is InChI=1S/C20H24N2O/c1-16-7-5-10-18(13-16)21-20(23)15-22-12-6-11-19(22)14-17-8-3-2-4-9-17/h2-5,7-10,13,19H,6,11-12,14-15H2,1H3,(H,21,23). The van der Waals surface area contributed by atoms with E-state index in [4.69, 9.17) is 0 Å². The van der Waals surface area contributed by atoms with Gasteiger partial charge in [-0.05, 0) is 56.0 Å². The van der Waals surface area contributed by atoms with E-state index < -0.39 is 0 Å². The number of likely N-dealkylation sites (tertiary alicyclic amines) is 1. The van der Waals surface area contributed by atoms with Crippen LogP contribution in [0.1, 0.15) is 24.0 Å². The van der Waals surface area contributed by atoms with Crippen molar-refractivity contribution in [3.05, 3.63) is 65.7 Å². The molecule has 120 valence electrons. The van der Waals surface area contributed by atoms with Crippen molar-refractivity contribution in [3.63, 3.8) is 0 Å². The van der Waals surface area contributed by atoms with Crippen LogP contribution in [0.3, 0.4) is 0 Å². The average Bonchev–Trinajstić information content (AvgIpc) is 2.95. The molecule has 0 radical (unpaired) electrons. The van der Waals surface area contributed by atoms with E-state index in [9.17, 15) is 4.79 Å². The lowest BCUT2D eigenvalue weighted by Crippen LogP contribution is -2.37. The number of rotatable bonds is 5. The van der Waals surface area contributed by atoms with Gasteiger partial charge in [0.05, 0.1) is 6.54 Å². The maximum absolute atomic E-state index is 12.3. The van der Waals surface area contributed by atoms with Crippen molar-refractivity contribution in [3.8, 4) is 0 Å². The molecule has 0 aromatic heterocycles. The summed E-state index contributed by atoms with van der Waals surface area (Å²) in [6, 6.07) is 19.0. The van der Waals surface area contributed by atoms with Crippen molar-refractivity contribution in [1.82, 2.24) is 4.90 Å². The van der Waals surface area contributed by atoms with E-state index >= 15 is 0 Å². The highest BCUT2D eigenvalue weighted by Gasteiger charge is 2.26. The Hall–Kier alpha value is -2.13. The van der Waals surface area contributed by atoms with Crippen LogP contribution in [0.5, 0.6) is 0 Å². The summed E-state index contributed by atoms with van der Waals surface area (Å²) in [6.07, 6.45) is 3.38. The van der Waals surface area contributed by atoms with Gasteiger partial charge in [0, 0.05) is 11.7 Å². The fourth-order valence-corrected chi connectivity index (χ4v) is 3.33. The van der Waals surface area contributed by atoms with Crippen LogP contribution in [0.15, 0.2) is 54.6 Å². The molecule has 0 aliphatic carbocycles. The van der Waals surface area contributed by atoms with E-state index in [0.717, 1.165) is 24.2 Å². The first kappa shape index (κ1) is 15.8. The van der Waals surface area contributed by atoms with Crippen molar-refractivity contribution in [2.24, 2.45) is 0 Å². The molecule has 3 heteroatoms. The molecule has 1 amide bonds. The minimum atomic E-state index is 0.0792. The number of aryl methyl sites for hydroxylation is 1. The number of anilines is 1. The van der Waals surface area contributed by atoms with Gasteiger partial charge in [-0.25, -0.2) is 0 Å². The Morgan fingerprint density at radius 1 is 1.17 bits per heavy atom. The fraction of sp³-hybridized carbons (Fsp3) is 0.350. The first-order valence-electron chi connectivity index (χ1n) is 8.35. The lowest BCUT2D eigenvalue weighted by molar-refractivity contribution is -0.117. The van der Waals surface area contributed by atoms with Gasteiger partial charge in [-0.3, -0.25) is 9.69 Å². The lowest BCUT2D eigenvalue weighted by atomic mass is 10.0. The Morgan fingerprint density at radius 2 is 2.00 bits per heavy atom. The zero-order valence-electron chi connectivity index (χ0n) is 13.7. The summed E-state index contributed by atoms with van der Waals surface area (Å²) in [6.45, 7) is 3.52. The monoisotopic (exact) mass is 308 g/mol. The quantitative estimate of drug-likeness (QED) is 0.914. The third kappa shape index (κ3) is 4.42. The predicted octanol–water partition coefficient (Wildman–Crippen LogP) is 3.64. The number of nitrogens with one attached hydrogen (secondary N) is 1. The van der Waals surface area contributed by atoms with E-state index in [-0.39, 0.29) is 5.91 Å². The summed E-state index contributed by atoms with van der Waals surface area (Å²) in [4.78, 5) is 14.6. The second-order valence-corrected chi connectivity index (χ2v) is 6.37. The predicted molar refractivity (Wildman–Crippen MR) is 94.5 cm³/mol. The molecule has 1 heterocycles. The van der Waals surface area contributed by atoms with Gasteiger partial charge in [0.2, 0.25) is 5.91 Å². The van der Waals surface area contributed by atoms with Crippen LogP contribution in [-0.4, -0.2) is 29.9 Å². The largest absolute Gasteiger partial charge is 0.325 e. The minimum absolute atomic E-state index is 0.0792. The van der Waals surface area contributed by atoms with Gasteiger partial charge in [-0.2, -0.15) is 0 Å². The number of hydrogen-bond donors (Lipinski definition) is 1. The summed E-state index contributed by atoms with van der Waals surface area (Å²) >= 11 is 0. The van der Waals surface area contributed by atoms with Crippen LogP contribution in [-0.2, 0) is 11.2 Å². The molecule has 1 saturated heterocycles. The van der Waals surface area contributed by atoms with Gasteiger partial charge in [-0.15, -0.1) is 0 Å².